The SMILES string of the molecule is CC1CC(NC(=O)c2cnc(NN)c3ccccc23)C1. The van der Waals surface area contributed by atoms with Crippen LogP contribution in [0.15, 0.2) is 30.5 Å². The second-order valence-corrected chi connectivity index (χ2v) is 5.46. The molecule has 0 spiro atoms. The molecule has 1 saturated carbocycles. The van der Waals surface area contributed by atoms with Gasteiger partial charge in [0.2, 0.25) is 0 Å². The van der Waals surface area contributed by atoms with Gasteiger partial charge in [-0.1, -0.05) is 31.2 Å². The van der Waals surface area contributed by atoms with Crippen LogP contribution >= 0.6 is 0 Å². The molecule has 2 aromatic rings. The summed E-state index contributed by atoms with van der Waals surface area (Å²) in [5, 5.41) is 4.78. The monoisotopic (exact) mass is 270 g/mol. The maximum Gasteiger partial charge on any atom is 0.253 e. The van der Waals surface area contributed by atoms with Crippen molar-refractivity contribution in [1.82, 2.24) is 10.3 Å². The predicted octanol–water partition coefficient (Wildman–Crippen LogP) is 2.05. The molecule has 5 heteroatoms. The van der Waals surface area contributed by atoms with Crippen molar-refractivity contribution in [3.05, 3.63) is 36.0 Å². The third kappa shape index (κ3) is 2.20. The fourth-order valence-corrected chi connectivity index (χ4v) is 2.77. The number of carbonyl (C=O) groups is 1. The van der Waals surface area contributed by atoms with Crippen molar-refractivity contribution >= 4 is 22.5 Å². The van der Waals surface area contributed by atoms with E-state index in [9.17, 15) is 4.79 Å². The van der Waals surface area contributed by atoms with Gasteiger partial charge < -0.3 is 10.7 Å². The van der Waals surface area contributed by atoms with Gasteiger partial charge in [-0.25, -0.2) is 10.8 Å². The quantitative estimate of drug-likeness (QED) is 0.589. The van der Waals surface area contributed by atoms with Crippen molar-refractivity contribution in [2.45, 2.75) is 25.8 Å². The van der Waals surface area contributed by atoms with Gasteiger partial charge in [-0.3, -0.25) is 4.79 Å². The van der Waals surface area contributed by atoms with Crippen LogP contribution in [-0.2, 0) is 0 Å². The number of amides is 1. The summed E-state index contributed by atoms with van der Waals surface area (Å²) in [4.78, 5) is 16.6. The minimum Gasteiger partial charge on any atom is -0.349 e. The van der Waals surface area contributed by atoms with Crippen LogP contribution < -0.4 is 16.6 Å². The van der Waals surface area contributed by atoms with Crippen LogP contribution in [0.1, 0.15) is 30.1 Å². The number of nitrogen functional groups attached to an aromatic ring is 1. The van der Waals surface area contributed by atoms with E-state index < -0.39 is 0 Å². The first-order valence-electron chi connectivity index (χ1n) is 6.84. The van der Waals surface area contributed by atoms with Crippen molar-refractivity contribution in [2.75, 3.05) is 5.43 Å². The fraction of sp³-hybridized carbons (Fsp3) is 0.333. The molecule has 1 fully saturated rings. The van der Waals surface area contributed by atoms with Crippen LogP contribution in [-0.4, -0.2) is 16.9 Å². The van der Waals surface area contributed by atoms with Crippen LogP contribution in [0.5, 0.6) is 0 Å². The molecule has 0 unspecified atom stereocenters. The number of benzene rings is 1. The standard InChI is InChI=1S/C15H18N4O/c1-9-6-10(7-9)18-15(20)13-8-17-14(19-16)12-5-3-2-4-11(12)13/h2-5,8-10H,6-7,16H2,1H3,(H,17,19)(H,18,20). The topological polar surface area (TPSA) is 80.0 Å². The van der Waals surface area contributed by atoms with Crippen molar-refractivity contribution < 1.29 is 4.79 Å². The molecule has 20 heavy (non-hydrogen) atoms. The molecule has 0 radical (unpaired) electrons. The lowest BCUT2D eigenvalue weighted by Crippen LogP contribution is -2.43. The molecule has 104 valence electrons. The first-order chi connectivity index (χ1) is 9.69. The lowest BCUT2D eigenvalue weighted by molar-refractivity contribution is 0.0897. The van der Waals surface area contributed by atoms with E-state index in [-0.39, 0.29) is 5.91 Å². The highest BCUT2D eigenvalue weighted by Crippen LogP contribution is 2.28. The highest BCUT2D eigenvalue weighted by molar-refractivity contribution is 6.09. The zero-order chi connectivity index (χ0) is 14.1. The molecule has 1 aromatic heterocycles. The number of carbonyl (C=O) groups excluding carboxylic acids is 1. The van der Waals surface area contributed by atoms with Gasteiger partial charge in [0.15, 0.2) is 0 Å². The molecule has 1 aliphatic carbocycles. The minimum atomic E-state index is -0.0610. The van der Waals surface area contributed by atoms with E-state index in [4.69, 9.17) is 5.84 Å². The summed E-state index contributed by atoms with van der Waals surface area (Å²) in [7, 11) is 0. The van der Waals surface area contributed by atoms with E-state index in [0.717, 1.165) is 23.6 Å². The number of anilines is 1. The number of fused-ring (bicyclic) bond motifs is 1. The van der Waals surface area contributed by atoms with Gasteiger partial charge in [-0.15, -0.1) is 0 Å². The molecular formula is C15H18N4O. The Labute approximate surface area is 117 Å². The van der Waals surface area contributed by atoms with E-state index in [2.05, 4.69) is 22.7 Å². The van der Waals surface area contributed by atoms with Crippen LogP contribution in [0, 0.1) is 5.92 Å². The molecule has 5 nitrogen and oxygen atoms in total. The Hall–Kier alpha value is -2.14. The molecule has 1 heterocycles. The van der Waals surface area contributed by atoms with Crippen LogP contribution in [0.25, 0.3) is 10.8 Å². The Morgan fingerprint density at radius 2 is 2.00 bits per heavy atom. The predicted molar refractivity (Wildman–Crippen MR) is 79.2 cm³/mol. The van der Waals surface area contributed by atoms with Crippen molar-refractivity contribution in [3.63, 3.8) is 0 Å². The highest BCUT2D eigenvalue weighted by Gasteiger charge is 2.27. The molecule has 0 aliphatic heterocycles. The number of aromatic nitrogens is 1. The van der Waals surface area contributed by atoms with Crippen molar-refractivity contribution in [2.24, 2.45) is 11.8 Å². The Bertz CT molecular complexity index is 649. The first kappa shape index (κ1) is 12.9. The lowest BCUT2D eigenvalue weighted by Gasteiger charge is -2.33. The largest absolute Gasteiger partial charge is 0.349 e. The Kier molecular flexibility index (Phi) is 3.28. The summed E-state index contributed by atoms with van der Waals surface area (Å²) in [6.07, 6.45) is 3.69. The maximum atomic E-state index is 12.4. The van der Waals surface area contributed by atoms with E-state index >= 15 is 0 Å². The van der Waals surface area contributed by atoms with Gasteiger partial charge in [-0.05, 0) is 24.1 Å². The second-order valence-electron chi connectivity index (χ2n) is 5.46. The van der Waals surface area contributed by atoms with E-state index in [1.165, 1.54) is 0 Å². The Morgan fingerprint density at radius 3 is 2.65 bits per heavy atom. The second kappa shape index (κ2) is 5.09. The molecule has 0 atom stereocenters. The molecule has 3 rings (SSSR count). The zero-order valence-electron chi connectivity index (χ0n) is 11.4. The average molecular weight is 270 g/mol. The fourth-order valence-electron chi connectivity index (χ4n) is 2.77. The molecular weight excluding hydrogens is 252 g/mol. The smallest absolute Gasteiger partial charge is 0.253 e. The van der Waals surface area contributed by atoms with Gasteiger partial charge in [0, 0.05) is 17.6 Å². The maximum absolute atomic E-state index is 12.4. The lowest BCUT2D eigenvalue weighted by atomic mass is 9.82. The average Bonchev–Trinajstić information content (AvgIpc) is 2.44. The van der Waals surface area contributed by atoms with Gasteiger partial charge in [-0.2, -0.15) is 0 Å². The number of hydrogen-bond donors (Lipinski definition) is 3. The third-order valence-electron chi connectivity index (χ3n) is 3.89. The number of nitrogens with two attached hydrogens (primary N) is 1. The molecule has 1 aliphatic rings. The summed E-state index contributed by atoms with van der Waals surface area (Å²) in [5.74, 6) is 6.68. The van der Waals surface area contributed by atoms with Gasteiger partial charge in [0.1, 0.15) is 5.82 Å². The van der Waals surface area contributed by atoms with Gasteiger partial charge >= 0.3 is 0 Å². The Balaban J connectivity index is 1.93. The Morgan fingerprint density at radius 1 is 1.30 bits per heavy atom. The zero-order valence-corrected chi connectivity index (χ0v) is 11.4. The highest BCUT2D eigenvalue weighted by atomic mass is 16.1. The molecule has 0 bridgehead atoms. The van der Waals surface area contributed by atoms with Gasteiger partial charge in [0.25, 0.3) is 5.91 Å². The number of nitrogens with one attached hydrogen (secondary N) is 2. The van der Waals surface area contributed by atoms with Crippen molar-refractivity contribution in [1.29, 1.82) is 0 Å². The molecule has 0 saturated heterocycles. The number of hydrazine groups is 1. The van der Waals surface area contributed by atoms with E-state index in [1.807, 2.05) is 24.3 Å². The summed E-state index contributed by atoms with van der Waals surface area (Å²) in [6, 6.07) is 7.92. The van der Waals surface area contributed by atoms with Gasteiger partial charge in [0.05, 0.1) is 5.56 Å². The number of pyridine rings is 1. The number of nitrogens with zero attached hydrogens (tertiary/aromatic N) is 1. The molecule has 1 aromatic carbocycles. The van der Waals surface area contributed by atoms with E-state index in [0.29, 0.717) is 23.3 Å². The normalized spacial score (nSPS) is 21.3. The van der Waals surface area contributed by atoms with Crippen LogP contribution in [0.2, 0.25) is 0 Å². The van der Waals surface area contributed by atoms with E-state index in [1.54, 1.807) is 6.20 Å². The number of hydrogen-bond acceptors (Lipinski definition) is 4. The van der Waals surface area contributed by atoms with Crippen LogP contribution in [0.3, 0.4) is 0 Å². The summed E-state index contributed by atoms with van der Waals surface area (Å²) in [6.45, 7) is 2.20. The first-order valence-corrected chi connectivity index (χ1v) is 6.84. The molecule has 1 amide bonds. The molecule has 4 N–H and O–H groups in total. The summed E-state index contributed by atoms with van der Waals surface area (Å²) in [5.41, 5.74) is 3.16. The number of rotatable bonds is 3. The van der Waals surface area contributed by atoms with Crippen molar-refractivity contribution in [3.8, 4) is 0 Å². The third-order valence-corrected chi connectivity index (χ3v) is 3.89. The summed E-state index contributed by atoms with van der Waals surface area (Å²) >= 11 is 0. The van der Waals surface area contributed by atoms with Crippen LogP contribution in [0.4, 0.5) is 5.82 Å². The minimum absolute atomic E-state index is 0.0610. The summed E-state index contributed by atoms with van der Waals surface area (Å²) < 4.78 is 0.